The SMILES string of the molecule is Cc1cccc(N)c1Oc1nccc2ccc(O)cc12. The summed E-state index contributed by atoms with van der Waals surface area (Å²) in [6.45, 7) is 1.92. The van der Waals surface area contributed by atoms with Crippen molar-refractivity contribution in [3.8, 4) is 17.4 Å². The first kappa shape index (κ1) is 12.3. The number of nitrogens with zero attached hydrogens (tertiary/aromatic N) is 1. The number of aryl methyl sites for hydroxylation is 1. The second-order valence-electron chi connectivity index (χ2n) is 4.62. The quantitative estimate of drug-likeness (QED) is 0.695. The normalized spacial score (nSPS) is 10.7. The minimum Gasteiger partial charge on any atom is -0.508 e. The molecule has 0 fully saturated rings. The zero-order valence-corrected chi connectivity index (χ0v) is 11.0. The Labute approximate surface area is 116 Å². The number of hydrogen-bond donors (Lipinski definition) is 2. The average molecular weight is 266 g/mol. The van der Waals surface area contributed by atoms with Gasteiger partial charge in [-0.05, 0) is 42.1 Å². The van der Waals surface area contributed by atoms with Crippen LogP contribution in [0.25, 0.3) is 10.8 Å². The van der Waals surface area contributed by atoms with Crippen LogP contribution in [0.4, 0.5) is 5.69 Å². The number of para-hydroxylation sites is 1. The fourth-order valence-electron chi connectivity index (χ4n) is 2.12. The van der Waals surface area contributed by atoms with Crippen LogP contribution in [0.15, 0.2) is 48.7 Å². The number of nitrogens with two attached hydrogens (primary N) is 1. The molecule has 0 saturated carbocycles. The number of hydrogen-bond acceptors (Lipinski definition) is 4. The van der Waals surface area contributed by atoms with Gasteiger partial charge in [-0.1, -0.05) is 18.2 Å². The van der Waals surface area contributed by atoms with Crippen LogP contribution >= 0.6 is 0 Å². The van der Waals surface area contributed by atoms with Crippen molar-refractivity contribution in [2.75, 3.05) is 5.73 Å². The third-order valence-electron chi connectivity index (χ3n) is 3.15. The summed E-state index contributed by atoms with van der Waals surface area (Å²) in [6, 6.07) is 12.5. The van der Waals surface area contributed by atoms with Crippen molar-refractivity contribution in [3.05, 3.63) is 54.2 Å². The monoisotopic (exact) mass is 266 g/mol. The maximum absolute atomic E-state index is 9.62. The minimum atomic E-state index is 0.174. The molecule has 0 aliphatic carbocycles. The molecule has 0 radical (unpaired) electrons. The van der Waals surface area contributed by atoms with Crippen molar-refractivity contribution in [3.63, 3.8) is 0 Å². The highest BCUT2D eigenvalue weighted by molar-refractivity contribution is 5.88. The van der Waals surface area contributed by atoms with Crippen LogP contribution in [-0.4, -0.2) is 10.1 Å². The Morgan fingerprint density at radius 2 is 2.00 bits per heavy atom. The van der Waals surface area contributed by atoms with Gasteiger partial charge in [0.15, 0.2) is 5.75 Å². The van der Waals surface area contributed by atoms with Gasteiger partial charge in [-0.15, -0.1) is 0 Å². The van der Waals surface area contributed by atoms with Crippen molar-refractivity contribution < 1.29 is 9.84 Å². The number of phenols is 1. The van der Waals surface area contributed by atoms with Gasteiger partial charge in [0.05, 0.1) is 5.69 Å². The number of rotatable bonds is 2. The lowest BCUT2D eigenvalue weighted by Crippen LogP contribution is -1.96. The number of nitrogen functional groups attached to an aromatic ring is 1. The lowest BCUT2D eigenvalue weighted by Gasteiger charge is -2.12. The predicted octanol–water partition coefficient (Wildman–Crippen LogP) is 3.62. The molecule has 20 heavy (non-hydrogen) atoms. The summed E-state index contributed by atoms with van der Waals surface area (Å²) in [4.78, 5) is 4.24. The summed E-state index contributed by atoms with van der Waals surface area (Å²) in [7, 11) is 0. The average Bonchev–Trinajstić information content (AvgIpc) is 2.43. The smallest absolute Gasteiger partial charge is 0.227 e. The third-order valence-corrected chi connectivity index (χ3v) is 3.15. The van der Waals surface area contributed by atoms with Crippen LogP contribution in [0.2, 0.25) is 0 Å². The third kappa shape index (κ3) is 2.12. The van der Waals surface area contributed by atoms with E-state index in [0.29, 0.717) is 17.3 Å². The second-order valence-corrected chi connectivity index (χ2v) is 4.62. The molecular weight excluding hydrogens is 252 g/mol. The van der Waals surface area contributed by atoms with E-state index in [4.69, 9.17) is 10.5 Å². The minimum absolute atomic E-state index is 0.174. The summed E-state index contributed by atoms with van der Waals surface area (Å²) in [5.74, 6) is 1.20. The first-order valence-electron chi connectivity index (χ1n) is 6.26. The zero-order chi connectivity index (χ0) is 14.1. The highest BCUT2D eigenvalue weighted by atomic mass is 16.5. The maximum Gasteiger partial charge on any atom is 0.227 e. The Kier molecular flexibility index (Phi) is 2.91. The van der Waals surface area contributed by atoms with Gasteiger partial charge in [-0.3, -0.25) is 0 Å². The van der Waals surface area contributed by atoms with Crippen LogP contribution in [-0.2, 0) is 0 Å². The highest BCUT2D eigenvalue weighted by Gasteiger charge is 2.10. The number of pyridine rings is 1. The largest absolute Gasteiger partial charge is 0.508 e. The fraction of sp³-hybridized carbons (Fsp3) is 0.0625. The van der Waals surface area contributed by atoms with Crippen LogP contribution in [0.1, 0.15) is 5.56 Å². The first-order valence-corrected chi connectivity index (χ1v) is 6.26. The number of aromatic nitrogens is 1. The summed E-state index contributed by atoms with van der Waals surface area (Å²) >= 11 is 0. The van der Waals surface area contributed by atoms with E-state index in [0.717, 1.165) is 16.3 Å². The molecule has 3 aromatic rings. The molecule has 2 aromatic carbocycles. The lowest BCUT2D eigenvalue weighted by molar-refractivity contribution is 0.464. The Morgan fingerprint density at radius 1 is 1.15 bits per heavy atom. The van der Waals surface area contributed by atoms with Gasteiger partial charge in [0, 0.05) is 11.6 Å². The molecule has 1 heterocycles. The molecule has 3 N–H and O–H groups in total. The van der Waals surface area contributed by atoms with E-state index >= 15 is 0 Å². The Morgan fingerprint density at radius 3 is 2.80 bits per heavy atom. The molecule has 4 nitrogen and oxygen atoms in total. The molecule has 0 aliphatic rings. The number of ether oxygens (including phenoxy) is 1. The van der Waals surface area contributed by atoms with Crippen molar-refractivity contribution in [2.45, 2.75) is 6.92 Å². The van der Waals surface area contributed by atoms with Gasteiger partial charge < -0.3 is 15.6 Å². The molecule has 3 rings (SSSR count). The summed E-state index contributed by atoms with van der Waals surface area (Å²) in [5.41, 5.74) is 7.43. The molecular formula is C16H14N2O2. The van der Waals surface area contributed by atoms with Crippen molar-refractivity contribution in [2.24, 2.45) is 0 Å². The summed E-state index contributed by atoms with van der Waals surface area (Å²) in [5, 5.41) is 11.3. The molecule has 100 valence electrons. The molecule has 0 aliphatic heterocycles. The maximum atomic E-state index is 9.62. The van der Waals surface area contributed by atoms with E-state index < -0.39 is 0 Å². The van der Waals surface area contributed by atoms with Crippen LogP contribution in [0.3, 0.4) is 0 Å². The Balaban J connectivity index is 2.13. The van der Waals surface area contributed by atoms with E-state index in [9.17, 15) is 5.11 Å². The number of fused-ring (bicyclic) bond motifs is 1. The van der Waals surface area contributed by atoms with Crippen molar-refractivity contribution >= 4 is 16.5 Å². The zero-order valence-electron chi connectivity index (χ0n) is 11.0. The van der Waals surface area contributed by atoms with Crippen LogP contribution in [0.5, 0.6) is 17.4 Å². The van der Waals surface area contributed by atoms with E-state index in [-0.39, 0.29) is 5.75 Å². The molecule has 0 saturated heterocycles. The van der Waals surface area contributed by atoms with Gasteiger partial charge in [-0.2, -0.15) is 0 Å². The molecule has 0 spiro atoms. The molecule has 0 bridgehead atoms. The van der Waals surface area contributed by atoms with E-state index in [1.165, 1.54) is 0 Å². The number of aromatic hydroxyl groups is 1. The Bertz CT molecular complexity index is 764. The van der Waals surface area contributed by atoms with Crippen LogP contribution < -0.4 is 10.5 Å². The summed E-state index contributed by atoms with van der Waals surface area (Å²) < 4.78 is 5.86. The fourth-order valence-corrected chi connectivity index (χ4v) is 2.12. The molecule has 4 heteroatoms. The summed E-state index contributed by atoms with van der Waals surface area (Å²) in [6.07, 6.45) is 1.67. The van der Waals surface area contributed by atoms with Gasteiger partial charge >= 0.3 is 0 Å². The second kappa shape index (κ2) is 4.74. The number of benzene rings is 2. The van der Waals surface area contributed by atoms with Gasteiger partial charge in [0.25, 0.3) is 0 Å². The molecule has 0 amide bonds. The number of anilines is 1. The lowest BCUT2D eigenvalue weighted by atomic mass is 10.1. The van der Waals surface area contributed by atoms with E-state index in [1.54, 1.807) is 24.4 Å². The van der Waals surface area contributed by atoms with Crippen molar-refractivity contribution in [1.82, 2.24) is 4.98 Å². The number of phenolic OH excluding ortho intramolecular Hbond substituents is 1. The standard InChI is InChI=1S/C16H14N2O2/c1-10-3-2-4-14(17)15(10)20-16-13-9-12(19)6-5-11(13)7-8-18-16/h2-9,19H,17H2,1H3. The van der Waals surface area contributed by atoms with Crippen LogP contribution in [0, 0.1) is 6.92 Å². The van der Waals surface area contributed by atoms with Gasteiger partial charge in [0.1, 0.15) is 5.75 Å². The highest BCUT2D eigenvalue weighted by Crippen LogP contribution is 2.34. The molecule has 1 aromatic heterocycles. The Hall–Kier alpha value is -2.75. The molecule has 0 unspecified atom stereocenters. The van der Waals surface area contributed by atoms with E-state index in [1.807, 2.05) is 31.2 Å². The first-order chi connectivity index (χ1) is 9.65. The predicted molar refractivity (Wildman–Crippen MR) is 79.1 cm³/mol. The topological polar surface area (TPSA) is 68.4 Å². The molecule has 0 atom stereocenters. The van der Waals surface area contributed by atoms with Gasteiger partial charge in [-0.25, -0.2) is 4.98 Å². The van der Waals surface area contributed by atoms with Crippen molar-refractivity contribution in [1.29, 1.82) is 0 Å². The van der Waals surface area contributed by atoms with Gasteiger partial charge in [0.2, 0.25) is 5.88 Å². The van der Waals surface area contributed by atoms with E-state index in [2.05, 4.69) is 4.98 Å².